The fourth-order valence-corrected chi connectivity index (χ4v) is 5.13. The lowest BCUT2D eigenvalue weighted by atomic mass is 10.2. The van der Waals surface area contributed by atoms with E-state index in [0.29, 0.717) is 11.8 Å². The van der Waals surface area contributed by atoms with Crippen molar-refractivity contribution in [2.75, 3.05) is 19.0 Å². The second kappa shape index (κ2) is 9.42. The second-order valence-electron chi connectivity index (χ2n) is 5.50. The summed E-state index contributed by atoms with van der Waals surface area (Å²) in [6, 6.07) is 2.12. The van der Waals surface area contributed by atoms with Gasteiger partial charge in [-0.3, -0.25) is 0 Å². The summed E-state index contributed by atoms with van der Waals surface area (Å²) >= 11 is 4.30. The van der Waals surface area contributed by atoms with Gasteiger partial charge in [0.2, 0.25) is 0 Å². The highest BCUT2D eigenvalue weighted by Crippen LogP contribution is 2.23. The third-order valence-corrected chi connectivity index (χ3v) is 6.51. The molecule has 0 aliphatic heterocycles. The van der Waals surface area contributed by atoms with Gasteiger partial charge in [0, 0.05) is 13.2 Å². The van der Waals surface area contributed by atoms with Crippen molar-refractivity contribution in [1.82, 2.24) is 0 Å². The Balaban J connectivity index is 4.38. The molecule has 0 atom stereocenters. The van der Waals surface area contributed by atoms with Gasteiger partial charge in [-0.2, -0.15) is 12.6 Å². The van der Waals surface area contributed by atoms with Gasteiger partial charge >= 0.3 is 8.56 Å². The summed E-state index contributed by atoms with van der Waals surface area (Å²) in [6.07, 6.45) is 1.10. The minimum Gasteiger partial charge on any atom is -0.394 e. The Morgan fingerprint density at radius 1 is 1.00 bits per heavy atom. The molecule has 0 aliphatic carbocycles. The van der Waals surface area contributed by atoms with Gasteiger partial charge < -0.3 is 8.85 Å². The summed E-state index contributed by atoms with van der Waals surface area (Å²) in [4.78, 5) is 0. The van der Waals surface area contributed by atoms with Crippen LogP contribution >= 0.6 is 12.6 Å². The first-order chi connectivity index (χ1) is 7.95. The van der Waals surface area contributed by atoms with Crippen molar-refractivity contribution in [1.29, 1.82) is 0 Å². The molecule has 0 aliphatic rings. The molecule has 0 spiro atoms. The van der Waals surface area contributed by atoms with E-state index in [4.69, 9.17) is 8.85 Å². The Morgan fingerprint density at radius 3 is 1.76 bits per heavy atom. The summed E-state index contributed by atoms with van der Waals surface area (Å²) in [7, 11) is -1.96. The zero-order valence-corrected chi connectivity index (χ0v) is 14.1. The maximum absolute atomic E-state index is 6.18. The molecule has 4 heteroatoms. The van der Waals surface area contributed by atoms with E-state index in [0.717, 1.165) is 37.5 Å². The molecular formula is C13H30O2SSi. The molecule has 0 saturated heterocycles. The van der Waals surface area contributed by atoms with Gasteiger partial charge in [-0.1, -0.05) is 34.6 Å². The van der Waals surface area contributed by atoms with Crippen molar-refractivity contribution in [2.45, 2.75) is 53.1 Å². The zero-order valence-electron chi connectivity index (χ0n) is 12.2. The SMILES string of the molecule is CC[Si](CCCS)(OCC(C)C)OCC(C)C. The normalized spacial score (nSPS) is 12.7. The van der Waals surface area contributed by atoms with Crippen LogP contribution < -0.4 is 0 Å². The van der Waals surface area contributed by atoms with Crippen LogP contribution in [0.25, 0.3) is 0 Å². The molecule has 0 amide bonds. The molecule has 0 N–H and O–H groups in total. The molecule has 0 radical (unpaired) electrons. The average molecular weight is 279 g/mol. The third-order valence-electron chi connectivity index (χ3n) is 2.61. The lowest BCUT2D eigenvalue weighted by Gasteiger charge is -2.31. The van der Waals surface area contributed by atoms with Crippen molar-refractivity contribution in [3.8, 4) is 0 Å². The molecule has 0 saturated carbocycles. The molecular weight excluding hydrogens is 248 g/mol. The first-order valence-electron chi connectivity index (χ1n) is 6.84. The first-order valence-corrected chi connectivity index (χ1v) is 9.71. The lowest BCUT2D eigenvalue weighted by molar-refractivity contribution is 0.138. The van der Waals surface area contributed by atoms with Crippen molar-refractivity contribution in [3.05, 3.63) is 0 Å². The molecule has 0 bridgehead atoms. The minimum absolute atomic E-state index is 0.576. The molecule has 0 aromatic rings. The Hall–Kier alpha value is 0.487. The summed E-state index contributed by atoms with van der Waals surface area (Å²) in [6.45, 7) is 12.6. The molecule has 104 valence electrons. The summed E-state index contributed by atoms with van der Waals surface area (Å²) in [5.41, 5.74) is 0. The molecule has 0 rings (SSSR count). The summed E-state index contributed by atoms with van der Waals surface area (Å²) < 4.78 is 12.4. The predicted octanol–water partition coefficient (Wildman–Crippen LogP) is 4.11. The number of hydrogen-bond donors (Lipinski definition) is 1. The van der Waals surface area contributed by atoms with Crippen LogP contribution in [0.4, 0.5) is 0 Å². The largest absolute Gasteiger partial charge is 0.394 e. The van der Waals surface area contributed by atoms with Crippen molar-refractivity contribution in [2.24, 2.45) is 11.8 Å². The second-order valence-corrected chi connectivity index (χ2v) is 9.55. The van der Waals surface area contributed by atoms with Crippen LogP contribution in [-0.4, -0.2) is 27.5 Å². The van der Waals surface area contributed by atoms with E-state index in [1.165, 1.54) is 0 Å². The van der Waals surface area contributed by atoms with Crippen LogP contribution in [0.3, 0.4) is 0 Å². The van der Waals surface area contributed by atoms with Crippen molar-refractivity contribution >= 4 is 21.2 Å². The fraction of sp³-hybridized carbons (Fsp3) is 1.00. The van der Waals surface area contributed by atoms with Crippen LogP contribution in [-0.2, 0) is 8.85 Å². The highest BCUT2D eigenvalue weighted by atomic mass is 32.1. The van der Waals surface area contributed by atoms with E-state index < -0.39 is 8.56 Å². The van der Waals surface area contributed by atoms with E-state index in [1.54, 1.807) is 0 Å². The predicted molar refractivity (Wildman–Crippen MR) is 81.1 cm³/mol. The third kappa shape index (κ3) is 8.24. The molecule has 0 unspecified atom stereocenters. The maximum atomic E-state index is 6.18. The Kier molecular flexibility index (Phi) is 9.69. The van der Waals surface area contributed by atoms with Gasteiger partial charge in [-0.05, 0) is 36.1 Å². The number of hydrogen-bond acceptors (Lipinski definition) is 3. The van der Waals surface area contributed by atoms with E-state index in [1.807, 2.05) is 0 Å². The van der Waals surface area contributed by atoms with Crippen LogP contribution in [0.5, 0.6) is 0 Å². The van der Waals surface area contributed by atoms with Crippen molar-refractivity contribution in [3.63, 3.8) is 0 Å². The topological polar surface area (TPSA) is 18.5 Å². The molecule has 0 aromatic carbocycles. The van der Waals surface area contributed by atoms with E-state index >= 15 is 0 Å². The van der Waals surface area contributed by atoms with Gasteiger partial charge in [-0.25, -0.2) is 0 Å². The molecule has 0 fully saturated rings. The quantitative estimate of drug-likeness (QED) is 0.479. The highest BCUT2D eigenvalue weighted by molar-refractivity contribution is 7.80. The first kappa shape index (κ1) is 17.5. The molecule has 17 heavy (non-hydrogen) atoms. The Labute approximate surface area is 114 Å². The average Bonchev–Trinajstić information content (AvgIpc) is 2.28. The fourth-order valence-electron chi connectivity index (χ4n) is 1.55. The summed E-state index contributed by atoms with van der Waals surface area (Å²) in [5, 5.41) is 0. The van der Waals surface area contributed by atoms with Gasteiger partial charge in [0.05, 0.1) is 0 Å². The van der Waals surface area contributed by atoms with E-state index in [9.17, 15) is 0 Å². The van der Waals surface area contributed by atoms with Gasteiger partial charge in [0.25, 0.3) is 0 Å². The molecule has 0 aromatic heterocycles. The van der Waals surface area contributed by atoms with Crippen LogP contribution in [0, 0.1) is 11.8 Å². The van der Waals surface area contributed by atoms with Crippen LogP contribution in [0.2, 0.25) is 12.1 Å². The Bertz CT molecular complexity index is 174. The lowest BCUT2D eigenvalue weighted by Crippen LogP contribution is -2.43. The maximum Gasteiger partial charge on any atom is 0.337 e. The summed E-state index contributed by atoms with van der Waals surface area (Å²) in [5.74, 6) is 2.07. The highest BCUT2D eigenvalue weighted by Gasteiger charge is 2.35. The molecule has 2 nitrogen and oxygen atoms in total. The number of thiol groups is 1. The monoisotopic (exact) mass is 278 g/mol. The van der Waals surface area contributed by atoms with Crippen LogP contribution in [0.1, 0.15) is 41.0 Å². The molecule has 0 heterocycles. The van der Waals surface area contributed by atoms with E-state index in [2.05, 4.69) is 47.2 Å². The smallest absolute Gasteiger partial charge is 0.337 e. The van der Waals surface area contributed by atoms with Crippen LogP contribution in [0.15, 0.2) is 0 Å². The Morgan fingerprint density at radius 2 is 1.47 bits per heavy atom. The minimum atomic E-state index is -1.96. The standard InChI is InChI=1S/C13H30O2SSi/c1-6-17(9-7-8-16,14-10-12(2)3)15-11-13(4)5/h12-13,16H,6-11H2,1-5H3. The zero-order chi connectivity index (χ0) is 13.3. The van der Waals surface area contributed by atoms with Gasteiger partial charge in [0.15, 0.2) is 0 Å². The number of rotatable bonds is 10. The van der Waals surface area contributed by atoms with Crippen molar-refractivity contribution < 1.29 is 8.85 Å². The van der Waals surface area contributed by atoms with Gasteiger partial charge in [-0.15, -0.1) is 0 Å². The van der Waals surface area contributed by atoms with E-state index in [-0.39, 0.29) is 0 Å². The van der Waals surface area contributed by atoms with Gasteiger partial charge in [0.1, 0.15) is 0 Å².